The SMILES string of the molecule is Cc1ccccc1C(=O)Nc1nnc(S(=O)(=O)NCc2cccnc2)s1. The summed E-state index contributed by atoms with van der Waals surface area (Å²) >= 11 is 0.784. The highest BCUT2D eigenvalue weighted by molar-refractivity contribution is 7.91. The molecule has 0 saturated heterocycles. The van der Waals surface area contributed by atoms with Gasteiger partial charge in [-0.3, -0.25) is 15.1 Å². The standard InChI is InChI=1S/C16H15N5O3S2/c1-11-5-2-3-7-13(11)14(22)19-15-20-21-16(25-15)26(23,24)18-10-12-6-4-8-17-9-12/h2-9,18H,10H2,1H3,(H,19,20,22). The molecular weight excluding hydrogens is 374 g/mol. The summed E-state index contributed by atoms with van der Waals surface area (Å²) in [6, 6.07) is 10.5. The van der Waals surface area contributed by atoms with Crippen LogP contribution in [0.1, 0.15) is 21.5 Å². The maximum atomic E-state index is 12.3. The normalized spacial score (nSPS) is 11.3. The summed E-state index contributed by atoms with van der Waals surface area (Å²) in [7, 11) is -3.83. The molecule has 3 rings (SSSR count). The van der Waals surface area contributed by atoms with Crippen molar-refractivity contribution in [2.75, 3.05) is 5.32 Å². The molecule has 26 heavy (non-hydrogen) atoms. The van der Waals surface area contributed by atoms with Crippen molar-refractivity contribution in [3.05, 3.63) is 65.5 Å². The molecule has 10 heteroatoms. The Balaban J connectivity index is 1.69. The number of aromatic nitrogens is 3. The summed E-state index contributed by atoms with van der Waals surface area (Å²) < 4.78 is 26.8. The second-order valence-corrected chi connectivity index (χ2v) is 8.25. The van der Waals surface area contributed by atoms with Gasteiger partial charge in [0.25, 0.3) is 15.9 Å². The first-order chi connectivity index (χ1) is 12.5. The molecule has 0 radical (unpaired) electrons. The van der Waals surface area contributed by atoms with Gasteiger partial charge in [-0.05, 0) is 30.2 Å². The maximum absolute atomic E-state index is 12.3. The van der Waals surface area contributed by atoms with Crippen molar-refractivity contribution in [1.29, 1.82) is 0 Å². The zero-order valence-electron chi connectivity index (χ0n) is 13.7. The van der Waals surface area contributed by atoms with E-state index in [1.54, 1.807) is 36.7 Å². The van der Waals surface area contributed by atoms with E-state index in [-0.39, 0.29) is 21.9 Å². The predicted octanol–water partition coefficient (Wildman–Crippen LogP) is 1.97. The molecule has 2 aromatic heterocycles. The number of anilines is 1. The van der Waals surface area contributed by atoms with Gasteiger partial charge in [-0.15, -0.1) is 10.2 Å². The Morgan fingerprint density at radius 2 is 1.96 bits per heavy atom. The number of hydrogen-bond donors (Lipinski definition) is 2. The highest BCUT2D eigenvalue weighted by Gasteiger charge is 2.21. The number of sulfonamides is 1. The molecule has 2 N–H and O–H groups in total. The van der Waals surface area contributed by atoms with Crippen LogP contribution in [0.4, 0.5) is 5.13 Å². The van der Waals surface area contributed by atoms with Crippen LogP contribution in [-0.4, -0.2) is 29.5 Å². The molecular formula is C16H15N5O3S2. The zero-order chi connectivity index (χ0) is 18.6. The fourth-order valence-electron chi connectivity index (χ4n) is 2.10. The molecule has 0 aliphatic rings. The van der Waals surface area contributed by atoms with E-state index in [4.69, 9.17) is 0 Å². The number of rotatable bonds is 6. The first-order valence-electron chi connectivity index (χ1n) is 7.55. The van der Waals surface area contributed by atoms with Crippen LogP contribution >= 0.6 is 11.3 Å². The number of hydrogen-bond acceptors (Lipinski definition) is 7. The van der Waals surface area contributed by atoms with E-state index in [0.717, 1.165) is 16.9 Å². The minimum Gasteiger partial charge on any atom is -0.296 e. The highest BCUT2D eigenvalue weighted by Crippen LogP contribution is 2.21. The lowest BCUT2D eigenvalue weighted by atomic mass is 10.1. The van der Waals surface area contributed by atoms with Crippen LogP contribution in [0.25, 0.3) is 0 Å². The van der Waals surface area contributed by atoms with Crippen LogP contribution in [0.2, 0.25) is 0 Å². The van der Waals surface area contributed by atoms with Crippen LogP contribution < -0.4 is 10.0 Å². The van der Waals surface area contributed by atoms with Gasteiger partial charge in [0.1, 0.15) is 0 Å². The third-order valence-corrected chi connectivity index (χ3v) is 6.04. The Morgan fingerprint density at radius 1 is 1.15 bits per heavy atom. The van der Waals surface area contributed by atoms with Gasteiger partial charge < -0.3 is 0 Å². The van der Waals surface area contributed by atoms with Crippen molar-refractivity contribution in [3.8, 4) is 0 Å². The molecule has 134 valence electrons. The van der Waals surface area contributed by atoms with Crippen molar-refractivity contribution >= 4 is 32.4 Å². The predicted molar refractivity (Wildman–Crippen MR) is 97.3 cm³/mol. The van der Waals surface area contributed by atoms with E-state index in [0.29, 0.717) is 11.1 Å². The maximum Gasteiger partial charge on any atom is 0.270 e. The number of amides is 1. The van der Waals surface area contributed by atoms with E-state index in [2.05, 4.69) is 25.2 Å². The molecule has 0 atom stereocenters. The van der Waals surface area contributed by atoms with Gasteiger partial charge in [0.05, 0.1) is 0 Å². The monoisotopic (exact) mass is 389 g/mol. The summed E-state index contributed by atoms with van der Waals surface area (Å²) in [5.74, 6) is -0.369. The van der Waals surface area contributed by atoms with Crippen molar-refractivity contribution in [2.24, 2.45) is 0 Å². The summed E-state index contributed by atoms with van der Waals surface area (Å²) in [6.07, 6.45) is 3.17. The summed E-state index contributed by atoms with van der Waals surface area (Å²) in [5, 5.41) is 10.1. The van der Waals surface area contributed by atoms with E-state index < -0.39 is 10.0 Å². The topological polar surface area (TPSA) is 114 Å². The van der Waals surface area contributed by atoms with Gasteiger partial charge >= 0.3 is 0 Å². The summed E-state index contributed by atoms with van der Waals surface area (Å²) in [6.45, 7) is 1.90. The third kappa shape index (κ3) is 4.28. The molecule has 8 nitrogen and oxygen atoms in total. The second kappa shape index (κ2) is 7.68. The van der Waals surface area contributed by atoms with Crippen molar-refractivity contribution < 1.29 is 13.2 Å². The van der Waals surface area contributed by atoms with E-state index in [9.17, 15) is 13.2 Å². The largest absolute Gasteiger partial charge is 0.296 e. The summed E-state index contributed by atoms with van der Waals surface area (Å²) in [5.41, 5.74) is 2.01. The first kappa shape index (κ1) is 18.1. The fourth-order valence-corrected chi connectivity index (χ4v) is 4.06. The molecule has 1 amide bonds. The molecule has 0 aliphatic heterocycles. The Hall–Kier alpha value is -2.69. The molecule has 3 aromatic rings. The second-order valence-electron chi connectivity index (χ2n) is 5.33. The summed E-state index contributed by atoms with van der Waals surface area (Å²) in [4.78, 5) is 16.2. The van der Waals surface area contributed by atoms with Crippen molar-refractivity contribution in [3.63, 3.8) is 0 Å². The number of carbonyl (C=O) groups is 1. The quantitative estimate of drug-likeness (QED) is 0.623. The smallest absolute Gasteiger partial charge is 0.270 e. The van der Waals surface area contributed by atoms with Crippen LogP contribution in [0.5, 0.6) is 0 Å². The lowest BCUT2D eigenvalue weighted by Crippen LogP contribution is -2.23. The number of nitrogens with zero attached hydrogens (tertiary/aromatic N) is 3. The van der Waals surface area contributed by atoms with Gasteiger partial charge in [-0.25, -0.2) is 13.1 Å². The molecule has 0 fully saturated rings. The zero-order valence-corrected chi connectivity index (χ0v) is 15.3. The lowest BCUT2D eigenvalue weighted by Gasteiger charge is -2.04. The van der Waals surface area contributed by atoms with Gasteiger partial charge in [0.2, 0.25) is 9.47 Å². The Kier molecular flexibility index (Phi) is 5.35. The molecule has 2 heterocycles. The number of pyridine rings is 1. The molecule has 1 aromatic carbocycles. The number of benzene rings is 1. The number of carbonyl (C=O) groups excluding carboxylic acids is 1. The Labute approximate surface area is 154 Å². The highest BCUT2D eigenvalue weighted by atomic mass is 32.2. The third-order valence-electron chi connectivity index (χ3n) is 3.44. The lowest BCUT2D eigenvalue weighted by molar-refractivity contribution is 0.102. The van der Waals surface area contributed by atoms with Crippen molar-refractivity contribution in [2.45, 2.75) is 17.8 Å². The average Bonchev–Trinajstić information content (AvgIpc) is 3.11. The molecule has 0 bridgehead atoms. The van der Waals surface area contributed by atoms with E-state index >= 15 is 0 Å². The fraction of sp³-hybridized carbons (Fsp3) is 0.125. The van der Waals surface area contributed by atoms with E-state index in [1.807, 2.05) is 19.1 Å². The van der Waals surface area contributed by atoms with Crippen molar-refractivity contribution in [1.82, 2.24) is 19.9 Å². The van der Waals surface area contributed by atoms with Crippen LogP contribution in [-0.2, 0) is 16.6 Å². The molecule has 0 aliphatic carbocycles. The van der Waals surface area contributed by atoms with Gasteiger partial charge in [0.15, 0.2) is 0 Å². The van der Waals surface area contributed by atoms with Gasteiger partial charge in [-0.2, -0.15) is 0 Å². The van der Waals surface area contributed by atoms with Gasteiger partial charge in [-0.1, -0.05) is 35.6 Å². The molecule has 0 unspecified atom stereocenters. The minimum absolute atomic E-state index is 0.0840. The Bertz CT molecular complexity index is 1020. The van der Waals surface area contributed by atoms with Crippen LogP contribution in [0.15, 0.2) is 53.1 Å². The minimum atomic E-state index is -3.83. The number of nitrogens with one attached hydrogen (secondary N) is 2. The molecule has 0 spiro atoms. The number of aryl methyl sites for hydroxylation is 1. The Morgan fingerprint density at radius 3 is 2.69 bits per heavy atom. The van der Waals surface area contributed by atoms with Crippen LogP contribution in [0.3, 0.4) is 0 Å². The van der Waals surface area contributed by atoms with Crippen LogP contribution in [0, 0.1) is 6.92 Å². The van der Waals surface area contributed by atoms with E-state index in [1.165, 1.54) is 0 Å². The van der Waals surface area contributed by atoms with Gasteiger partial charge in [0, 0.05) is 24.5 Å². The first-order valence-corrected chi connectivity index (χ1v) is 9.85. The molecule has 0 saturated carbocycles. The average molecular weight is 389 g/mol.